The van der Waals surface area contributed by atoms with Gasteiger partial charge in [0.2, 0.25) is 0 Å². The van der Waals surface area contributed by atoms with E-state index in [1.54, 1.807) is 12.1 Å². The molecule has 0 aliphatic heterocycles. The Hall–Kier alpha value is -2.09. The number of carboxylic acid groups (broad SMARTS) is 1. The lowest BCUT2D eigenvalue weighted by Crippen LogP contribution is -2.10. The monoisotopic (exact) mass is 268 g/mol. The summed E-state index contributed by atoms with van der Waals surface area (Å²) in [4.78, 5) is 10.8. The third kappa shape index (κ3) is 3.47. The third-order valence-electron chi connectivity index (χ3n) is 3.43. The van der Waals surface area contributed by atoms with Gasteiger partial charge in [-0.05, 0) is 40.7 Å². The van der Waals surface area contributed by atoms with Crippen LogP contribution in [0.15, 0.2) is 48.5 Å². The van der Waals surface area contributed by atoms with Crippen molar-refractivity contribution in [1.29, 1.82) is 0 Å². The number of rotatable bonds is 3. The van der Waals surface area contributed by atoms with Crippen molar-refractivity contribution in [2.75, 3.05) is 0 Å². The van der Waals surface area contributed by atoms with Gasteiger partial charge in [0, 0.05) is 0 Å². The highest BCUT2D eigenvalue weighted by atomic mass is 16.4. The molecule has 2 aromatic rings. The van der Waals surface area contributed by atoms with E-state index in [0.29, 0.717) is 5.56 Å². The molecule has 0 atom stereocenters. The summed E-state index contributed by atoms with van der Waals surface area (Å²) < 4.78 is 0. The largest absolute Gasteiger partial charge is 0.478 e. The zero-order valence-corrected chi connectivity index (χ0v) is 12.2. The topological polar surface area (TPSA) is 37.3 Å². The first-order valence-electron chi connectivity index (χ1n) is 6.78. The van der Waals surface area contributed by atoms with Crippen LogP contribution < -0.4 is 0 Å². The number of hydrogen-bond acceptors (Lipinski definition) is 1. The molecule has 2 aromatic carbocycles. The number of carboxylic acids is 1. The second-order valence-electron chi connectivity index (χ2n) is 6.13. The number of carbonyl (C=O) groups is 1. The van der Waals surface area contributed by atoms with Crippen LogP contribution in [0.4, 0.5) is 0 Å². The van der Waals surface area contributed by atoms with Crippen molar-refractivity contribution in [2.24, 2.45) is 0 Å². The van der Waals surface area contributed by atoms with Gasteiger partial charge >= 0.3 is 5.97 Å². The van der Waals surface area contributed by atoms with Crippen molar-refractivity contribution < 1.29 is 9.90 Å². The Morgan fingerprint density at radius 1 is 0.900 bits per heavy atom. The van der Waals surface area contributed by atoms with E-state index in [0.717, 1.165) is 12.0 Å². The van der Waals surface area contributed by atoms with Gasteiger partial charge in [0.15, 0.2) is 0 Å². The van der Waals surface area contributed by atoms with E-state index in [1.165, 1.54) is 11.1 Å². The van der Waals surface area contributed by atoms with Gasteiger partial charge in [-0.3, -0.25) is 0 Å². The zero-order chi connectivity index (χ0) is 14.8. The van der Waals surface area contributed by atoms with Crippen molar-refractivity contribution >= 4 is 5.97 Å². The first kappa shape index (κ1) is 14.3. The van der Waals surface area contributed by atoms with Crippen LogP contribution in [0.3, 0.4) is 0 Å². The normalized spacial score (nSPS) is 11.3. The van der Waals surface area contributed by atoms with Gasteiger partial charge in [-0.2, -0.15) is 0 Å². The molecule has 0 aliphatic carbocycles. The van der Waals surface area contributed by atoms with Gasteiger partial charge in [0.05, 0.1) is 5.56 Å². The number of aromatic carboxylic acids is 1. The molecule has 0 radical (unpaired) electrons. The van der Waals surface area contributed by atoms with E-state index in [1.807, 2.05) is 12.1 Å². The molecule has 2 nitrogen and oxygen atoms in total. The Morgan fingerprint density at radius 2 is 1.35 bits per heavy atom. The molecular weight excluding hydrogens is 248 g/mol. The fourth-order valence-electron chi connectivity index (χ4n) is 2.12. The van der Waals surface area contributed by atoms with Crippen LogP contribution in [0.25, 0.3) is 0 Å². The van der Waals surface area contributed by atoms with Gasteiger partial charge < -0.3 is 5.11 Å². The fraction of sp³-hybridized carbons (Fsp3) is 0.278. The lowest BCUT2D eigenvalue weighted by atomic mass is 9.86. The van der Waals surface area contributed by atoms with Crippen molar-refractivity contribution in [3.8, 4) is 0 Å². The minimum absolute atomic E-state index is 0.168. The van der Waals surface area contributed by atoms with Crippen LogP contribution in [0, 0.1) is 0 Å². The van der Waals surface area contributed by atoms with E-state index in [9.17, 15) is 4.79 Å². The molecule has 0 saturated carbocycles. The number of benzene rings is 2. The van der Waals surface area contributed by atoms with Crippen LogP contribution in [-0.4, -0.2) is 11.1 Å². The van der Waals surface area contributed by atoms with Gasteiger partial charge in [-0.1, -0.05) is 57.2 Å². The van der Waals surface area contributed by atoms with E-state index in [-0.39, 0.29) is 5.41 Å². The minimum atomic E-state index is -0.883. The molecule has 2 rings (SSSR count). The SMILES string of the molecule is CC(C)(C)c1ccc(Cc2ccc(C(=O)O)cc2)cc1. The van der Waals surface area contributed by atoms with E-state index in [2.05, 4.69) is 45.0 Å². The second kappa shape index (κ2) is 5.49. The first-order valence-corrected chi connectivity index (χ1v) is 6.78. The number of hydrogen-bond donors (Lipinski definition) is 1. The predicted octanol–water partition coefficient (Wildman–Crippen LogP) is 4.27. The van der Waals surface area contributed by atoms with Gasteiger partial charge in [0.25, 0.3) is 0 Å². The quantitative estimate of drug-likeness (QED) is 0.902. The third-order valence-corrected chi connectivity index (χ3v) is 3.43. The summed E-state index contributed by atoms with van der Waals surface area (Å²) in [6.07, 6.45) is 0.824. The highest BCUT2D eigenvalue weighted by Crippen LogP contribution is 2.22. The van der Waals surface area contributed by atoms with E-state index < -0.39 is 5.97 Å². The Kier molecular flexibility index (Phi) is 3.93. The molecule has 0 aromatic heterocycles. The predicted molar refractivity (Wildman–Crippen MR) is 81.3 cm³/mol. The van der Waals surface area contributed by atoms with Crippen LogP contribution >= 0.6 is 0 Å². The summed E-state index contributed by atoms with van der Waals surface area (Å²) in [5, 5.41) is 8.87. The van der Waals surface area contributed by atoms with Crippen LogP contribution in [-0.2, 0) is 11.8 Å². The van der Waals surface area contributed by atoms with Gasteiger partial charge in [-0.25, -0.2) is 4.79 Å². The maximum Gasteiger partial charge on any atom is 0.335 e. The lowest BCUT2D eigenvalue weighted by molar-refractivity contribution is 0.0697. The zero-order valence-electron chi connectivity index (χ0n) is 12.2. The van der Waals surface area contributed by atoms with Gasteiger partial charge in [-0.15, -0.1) is 0 Å². The molecule has 0 aliphatic rings. The Labute approximate surface area is 120 Å². The molecule has 1 N–H and O–H groups in total. The standard InChI is InChI=1S/C18H20O2/c1-18(2,3)16-10-6-14(7-11-16)12-13-4-8-15(9-5-13)17(19)20/h4-11H,12H2,1-3H3,(H,19,20). The van der Waals surface area contributed by atoms with E-state index in [4.69, 9.17) is 5.11 Å². The smallest absolute Gasteiger partial charge is 0.335 e. The summed E-state index contributed by atoms with van der Waals surface area (Å²) in [7, 11) is 0. The van der Waals surface area contributed by atoms with Crippen molar-refractivity contribution in [3.05, 3.63) is 70.8 Å². The molecule has 0 spiro atoms. The lowest BCUT2D eigenvalue weighted by Gasteiger charge is -2.19. The highest BCUT2D eigenvalue weighted by Gasteiger charge is 2.12. The summed E-state index contributed by atoms with van der Waals surface area (Å²) in [6, 6.07) is 15.7. The average Bonchev–Trinajstić information content (AvgIpc) is 2.39. The molecule has 20 heavy (non-hydrogen) atoms. The maximum absolute atomic E-state index is 10.8. The molecule has 104 valence electrons. The molecule has 0 saturated heterocycles. The Balaban J connectivity index is 2.12. The summed E-state index contributed by atoms with van der Waals surface area (Å²) in [5.41, 5.74) is 4.18. The molecule has 0 bridgehead atoms. The fourth-order valence-corrected chi connectivity index (χ4v) is 2.12. The van der Waals surface area contributed by atoms with Crippen LogP contribution in [0.2, 0.25) is 0 Å². The van der Waals surface area contributed by atoms with Crippen LogP contribution in [0.1, 0.15) is 47.8 Å². The minimum Gasteiger partial charge on any atom is -0.478 e. The average molecular weight is 268 g/mol. The van der Waals surface area contributed by atoms with Crippen molar-refractivity contribution in [1.82, 2.24) is 0 Å². The molecular formula is C18H20O2. The molecule has 2 heteroatoms. The molecule has 0 unspecified atom stereocenters. The second-order valence-corrected chi connectivity index (χ2v) is 6.13. The Morgan fingerprint density at radius 3 is 1.75 bits per heavy atom. The van der Waals surface area contributed by atoms with Crippen LogP contribution in [0.5, 0.6) is 0 Å². The van der Waals surface area contributed by atoms with Crippen molar-refractivity contribution in [3.63, 3.8) is 0 Å². The maximum atomic E-state index is 10.8. The summed E-state index contributed by atoms with van der Waals surface area (Å²) in [5.74, 6) is -0.883. The molecule has 0 amide bonds. The molecule has 0 fully saturated rings. The highest BCUT2D eigenvalue weighted by molar-refractivity contribution is 5.87. The van der Waals surface area contributed by atoms with E-state index >= 15 is 0 Å². The molecule has 0 heterocycles. The first-order chi connectivity index (χ1) is 9.36. The summed E-state index contributed by atoms with van der Waals surface area (Å²) >= 11 is 0. The summed E-state index contributed by atoms with van der Waals surface area (Å²) in [6.45, 7) is 6.60. The van der Waals surface area contributed by atoms with Crippen molar-refractivity contribution in [2.45, 2.75) is 32.6 Å². The van der Waals surface area contributed by atoms with Gasteiger partial charge in [0.1, 0.15) is 0 Å². The Bertz CT molecular complexity index is 587.